The Morgan fingerprint density at radius 2 is 2.10 bits per heavy atom. The topological polar surface area (TPSA) is 66.8 Å². The number of esters is 1. The molecule has 3 fully saturated rings. The van der Waals surface area contributed by atoms with E-state index in [0.717, 1.165) is 31.3 Å². The van der Waals surface area contributed by atoms with Gasteiger partial charge in [-0.05, 0) is 51.0 Å². The summed E-state index contributed by atoms with van der Waals surface area (Å²) in [5.74, 6) is 0.236. The zero-order valence-electron chi connectivity index (χ0n) is 13.2. The first-order valence-electron chi connectivity index (χ1n) is 7.99. The van der Waals surface area contributed by atoms with Crippen molar-refractivity contribution in [3.63, 3.8) is 0 Å². The van der Waals surface area contributed by atoms with Crippen molar-refractivity contribution in [3.05, 3.63) is 11.1 Å². The summed E-state index contributed by atoms with van der Waals surface area (Å²) in [7, 11) is 0. The molecule has 4 nitrogen and oxygen atoms in total. The van der Waals surface area contributed by atoms with Crippen LogP contribution in [-0.4, -0.2) is 35.0 Å². The second-order valence-electron chi connectivity index (χ2n) is 7.88. The molecule has 5 aliphatic carbocycles. The largest absolute Gasteiger partial charge is 0.458 e. The molecule has 0 amide bonds. The Morgan fingerprint density at radius 3 is 2.67 bits per heavy atom. The third kappa shape index (κ3) is 1.99. The predicted molar refractivity (Wildman–Crippen MR) is 78.5 cm³/mol. The molecule has 4 bridgehead atoms. The summed E-state index contributed by atoms with van der Waals surface area (Å²) in [5.41, 5.74) is 1.05. The lowest BCUT2D eigenvalue weighted by Crippen LogP contribution is -2.62. The summed E-state index contributed by atoms with van der Waals surface area (Å²) in [4.78, 5) is 12.5. The van der Waals surface area contributed by atoms with Crippen LogP contribution in [0, 0.1) is 16.7 Å². The fraction of sp³-hybridized carbons (Fsp3) is 0.824. The van der Waals surface area contributed by atoms with Gasteiger partial charge < -0.3 is 14.9 Å². The van der Waals surface area contributed by atoms with Crippen LogP contribution < -0.4 is 0 Å². The molecule has 118 valence electrons. The zero-order valence-corrected chi connectivity index (χ0v) is 13.2. The highest BCUT2D eigenvalue weighted by Gasteiger charge is 2.65. The Hall–Kier alpha value is -0.870. The molecule has 3 unspecified atom stereocenters. The molecule has 0 aliphatic heterocycles. The number of hydrogen-bond acceptors (Lipinski definition) is 4. The summed E-state index contributed by atoms with van der Waals surface area (Å²) in [5, 5.41) is 19.5. The second-order valence-corrected chi connectivity index (χ2v) is 7.88. The van der Waals surface area contributed by atoms with Crippen molar-refractivity contribution in [1.29, 1.82) is 0 Å². The molecule has 4 heteroatoms. The lowest BCUT2D eigenvalue weighted by atomic mass is 9.42. The first kappa shape index (κ1) is 15.0. The monoisotopic (exact) mass is 294 g/mol. The maximum absolute atomic E-state index is 12.5. The maximum atomic E-state index is 12.5. The Bertz CT molecular complexity index is 507. The van der Waals surface area contributed by atoms with Gasteiger partial charge in [-0.25, -0.2) is 0 Å². The summed E-state index contributed by atoms with van der Waals surface area (Å²) < 4.78 is 5.99. The Kier molecular flexibility index (Phi) is 3.27. The van der Waals surface area contributed by atoms with Crippen LogP contribution in [0.4, 0.5) is 0 Å². The van der Waals surface area contributed by atoms with Gasteiger partial charge in [-0.3, -0.25) is 4.79 Å². The molecule has 0 aromatic heterocycles. The van der Waals surface area contributed by atoms with E-state index in [1.54, 1.807) is 0 Å². The van der Waals surface area contributed by atoms with E-state index in [1.807, 2.05) is 20.8 Å². The van der Waals surface area contributed by atoms with Crippen molar-refractivity contribution >= 4 is 5.97 Å². The van der Waals surface area contributed by atoms with Crippen LogP contribution in [0.5, 0.6) is 0 Å². The van der Waals surface area contributed by atoms with Crippen LogP contribution in [0.2, 0.25) is 0 Å². The second kappa shape index (κ2) is 4.56. The third-order valence-electron chi connectivity index (χ3n) is 6.05. The third-order valence-corrected chi connectivity index (χ3v) is 6.05. The molecule has 0 radical (unpaired) electrons. The van der Waals surface area contributed by atoms with Crippen molar-refractivity contribution in [3.8, 4) is 0 Å². The highest BCUT2D eigenvalue weighted by atomic mass is 16.6. The van der Waals surface area contributed by atoms with E-state index in [9.17, 15) is 15.0 Å². The number of aliphatic hydroxyl groups is 2. The van der Waals surface area contributed by atoms with E-state index in [0.29, 0.717) is 12.3 Å². The van der Waals surface area contributed by atoms with Gasteiger partial charge in [-0.2, -0.15) is 0 Å². The van der Waals surface area contributed by atoms with Crippen LogP contribution >= 0.6 is 0 Å². The molecule has 0 aromatic carbocycles. The van der Waals surface area contributed by atoms with Crippen LogP contribution in [0.15, 0.2) is 11.1 Å². The van der Waals surface area contributed by atoms with Gasteiger partial charge in [0.1, 0.15) is 5.60 Å². The molecule has 21 heavy (non-hydrogen) atoms. The molecule has 2 N–H and O–H groups in total. The first-order chi connectivity index (χ1) is 9.81. The molecule has 5 rings (SSSR count). The Morgan fingerprint density at radius 1 is 1.38 bits per heavy atom. The summed E-state index contributed by atoms with van der Waals surface area (Å²) in [6.45, 7) is 5.93. The van der Waals surface area contributed by atoms with E-state index >= 15 is 0 Å². The maximum Gasteiger partial charge on any atom is 0.312 e. The molecule has 3 saturated carbocycles. The predicted octanol–water partition coefficient (Wildman–Crippen LogP) is 2.19. The number of rotatable bonds is 5. The number of fused-ring (bicyclic) bond motifs is 1. The normalized spacial score (nSPS) is 37.5. The summed E-state index contributed by atoms with van der Waals surface area (Å²) >= 11 is 0. The molecule has 3 atom stereocenters. The van der Waals surface area contributed by atoms with Gasteiger partial charge >= 0.3 is 5.97 Å². The highest BCUT2D eigenvalue weighted by molar-refractivity contribution is 5.76. The van der Waals surface area contributed by atoms with Gasteiger partial charge in [0.25, 0.3) is 0 Å². The van der Waals surface area contributed by atoms with Crippen molar-refractivity contribution in [2.24, 2.45) is 16.7 Å². The average molecular weight is 294 g/mol. The van der Waals surface area contributed by atoms with Crippen LogP contribution in [0.25, 0.3) is 0 Å². The van der Waals surface area contributed by atoms with Crippen molar-refractivity contribution in [2.45, 2.75) is 58.5 Å². The van der Waals surface area contributed by atoms with E-state index < -0.39 is 11.0 Å². The van der Waals surface area contributed by atoms with Gasteiger partial charge in [0.2, 0.25) is 0 Å². The van der Waals surface area contributed by atoms with Crippen molar-refractivity contribution < 1.29 is 19.7 Å². The highest BCUT2D eigenvalue weighted by Crippen LogP contribution is 2.68. The average Bonchev–Trinajstić information content (AvgIpc) is 2.45. The van der Waals surface area contributed by atoms with Crippen LogP contribution in [-0.2, 0) is 9.53 Å². The lowest BCUT2D eigenvalue weighted by molar-refractivity contribution is -0.195. The minimum absolute atomic E-state index is 0.0179. The van der Waals surface area contributed by atoms with Crippen molar-refractivity contribution in [1.82, 2.24) is 0 Å². The number of hydrogen-bond donors (Lipinski definition) is 2. The number of carbonyl (C=O) groups is 1. The van der Waals surface area contributed by atoms with Gasteiger partial charge in [0, 0.05) is 11.8 Å². The quantitative estimate of drug-likeness (QED) is 0.602. The Balaban J connectivity index is 1.88. The number of carbonyl (C=O) groups excluding carboxylic acids is 1. The fourth-order valence-electron chi connectivity index (χ4n) is 4.69. The summed E-state index contributed by atoms with van der Waals surface area (Å²) in [6.07, 6.45) is 3.93. The van der Waals surface area contributed by atoms with E-state index in [4.69, 9.17) is 4.74 Å². The van der Waals surface area contributed by atoms with Crippen LogP contribution in [0.3, 0.4) is 0 Å². The number of ether oxygens (including phenoxy) is 1. The summed E-state index contributed by atoms with van der Waals surface area (Å²) in [6, 6.07) is 0. The zero-order chi connectivity index (χ0) is 15.5. The fourth-order valence-corrected chi connectivity index (χ4v) is 4.69. The van der Waals surface area contributed by atoms with Crippen LogP contribution in [0.1, 0.15) is 52.9 Å². The van der Waals surface area contributed by atoms with Gasteiger partial charge in [0.05, 0.1) is 18.6 Å². The minimum Gasteiger partial charge on any atom is -0.458 e. The van der Waals surface area contributed by atoms with Crippen molar-refractivity contribution in [2.75, 3.05) is 13.2 Å². The van der Waals surface area contributed by atoms with Gasteiger partial charge in [-0.1, -0.05) is 12.5 Å². The molecular weight excluding hydrogens is 268 g/mol. The Labute approximate surface area is 126 Å². The molecule has 0 saturated heterocycles. The molecule has 0 aromatic rings. The van der Waals surface area contributed by atoms with E-state index in [1.165, 1.54) is 5.57 Å². The SMILES string of the molecule is CCC(C)(C)C(=O)OC12CC(CO)=C3C(C1)CC3(CO)C2. The minimum atomic E-state index is -0.505. The lowest BCUT2D eigenvalue weighted by Gasteiger charge is -2.65. The standard InChI is InChI=1S/C17H26O4/c1-4-15(2,3)14(20)21-17-6-11-5-16(9-17,10-19)13(11)12(7-17)8-18/h11,18-19H,4-10H2,1-3H3. The molecular formula is C17H26O4. The molecule has 0 spiro atoms. The smallest absolute Gasteiger partial charge is 0.312 e. The van der Waals surface area contributed by atoms with Gasteiger partial charge in [-0.15, -0.1) is 0 Å². The van der Waals surface area contributed by atoms with E-state index in [-0.39, 0.29) is 24.6 Å². The first-order valence-corrected chi connectivity index (χ1v) is 7.99. The molecule has 5 aliphatic rings. The van der Waals surface area contributed by atoms with Gasteiger partial charge in [0.15, 0.2) is 0 Å². The van der Waals surface area contributed by atoms with E-state index in [2.05, 4.69) is 0 Å². The number of aliphatic hydroxyl groups excluding tert-OH is 2. The molecule has 0 heterocycles.